The van der Waals surface area contributed by atoms with E-state index in [0.717, 1.165) is 11.1 Å². The normalized spacial score (nSPS) is 14.7. The van der Waals surface area contributed by atoms with Crippen LogP contribution in [0.2, 0.25) is 0 Å². The number of carbonyl (C=O) groups is 1. The number of methoxy groups -OCH3 is 3. The predicted molar refractivity (Wildman–Crippen MR) is 128 cm³/mol. The van der Waals surface area contributed by atoms with Crippen LogP contribution < -0.4 is 14.2 Å². The lowest BCUT2D eigenvalue weighted by Gasteiger charge is -2.27. The molecule has 0 saturated carbocycles. The van der Waals surface area contributed by atoms with E-state index in [0.29, 0.717) is 46.3 Å². The molecule has 0 unspecified atom stereocenters. The zero-order valence-electron chi connectivity index (χ0n) is 19.5. The molecule has 9 nitrogen and oxygen atoms in total. The molecule has 0 radical (unpaired) electrons. The maximum absolute atomic E-state index is 13.6. The number of hydrogen-bond acceptors (Lipinski definition) is 7. The van der Waals surface area contributed by atoms with Crippen molar-refractivity contribution in [2.24, 2.45) is 0 Å². The number of phenolic OH excluding ortho intramolecular Hbond substituents is 1. The first-order valence-electron chi connectivity index (χ1n) is 10.9. The van der Waals surface area contributed by atoms with Gasteiger partial charge in [-0.15, -0.1) is 0 Å². The Labute approximate surface area is 201 Å². The zero-order valence-corrected chi connectivity index (χ0v) is 19.5. The van der Waals surface area contributed by atoms with Crippen molar-refractivity contribution in [2.75, 3.05) is 21.3 Å². The molecule has 178 valence electrons. The van der Waals surface area contributed by atoms with E-state index >= 15 is 0 Å². The number of H-pyrrole nitrogens is 1. The third kappa shape index (κ3) is 3.71. The van der Waals surface area contributed by atoms with Crippen molar-refractivity contribution in [1.82, 2.24) is 20.1 Å². The molecule has 4 aromatic rings. The quantitative estimate of drug-likeness (QED) is 0.419. The Morgan fingerprint density at radius 3 is 2.40 bits per heavy atom. The van der Waals surface area contributed by atoms with Crippen LogP contribution in [0.1, 0.15) is 33.2 Å². The molecule has 2 aromatic carbocycles. The molecule has 0 saturated heterocycles. The molecule has 1 amide bonds. The van der Waals surface area contributed by atoms with Crippen LogP contribution in [0.5, 0.6) is 23.0 Å². The SMILES string of the molecule is COc1cc([C@@H]2c3c(-c4ccccc4O)n[nH]c3C(=O)N2Cc2cccnc2)cc(OC)c1OC. The van der Waals surface area contributed by atoms with Gasteiger partial charge in [-0.2, -0.15) is 5.10 Å². The summed E-state index contributed by atoms with van der Waals surface area (Å²) in [5, 5.41) is 17.9. The summed E-state index contributed by atoms with van der Waals surface area (Å²) in [5.41, 5.74) is 3.67. The van der Waals surface area contributed by atoms with Gasteiger partial charge in [0.05, 0.1) is 27.4 Å². The molecule has 1 atom stereocenters. The number of fused-ring (bicyclic) bond motifs is 1. The molecular formula is C26H24N4O5. The molecule has 0 aliphatic carbocycles. The predicted octanol–water partition coefficient (Wildman–Crippen LogP) is 3.95. The van der Waals surface area contributed by atoms with Crippen molar-refractivity contribution in [2.45, 2.75) is 12.6 Å². The van der Waals surface area contributed by atoms with E-state index in [4.69, 9.17) is 14.2 Å². The molecule has 1 aliphatic rings. The summed E-state index contributed by atoms with van der Waals surface area (Å²) in [6.07, 6.45) is 3.42. The largest absolute Gasteiger partial charge is 0.507 e. The monoisotopic (exact) mass is 472 g/mol. The van der Waals surface area contributed by atoms with Crippen LogP contribution >= 0.6 is 0 Å². The van der Waals surface area contributed by atoms with Gasteiger partial charge in [0.2, 0.25) is 5.75 Å². The van der Waals surface area contributed by atoms with E-state index in [2.05, 4.69) is 15.2 Å². The van der Waals surface area contributed by atoms with Crippen molar-refractivity contribution in [3.05, 3.63) is 83.3 Å². The first-order chi connectivity index (χ1) is 17.1. The highest BCUT2D eigenvalue weighted by atomic mass is 16.5. The number of nitrogens with one attached hydrogen (secondary N) is 1. The second-order valence-electron chi connectivity index (χ2n) is 8.03. The Bertz CT molecular complexity index is 1360. The Balaban J connectivity index is 1.72. The number of amides is 1. The maximum atomic E-state index is 13.6. The summed E-state index contributed by atoms with van der Waals surface area (Å²) in [7, 11) is 4.63. The highest BCUT2D eigenvalue weighted by Crippen LogP contribution is 2.48. The van der Waals surface area contributed by atoms with Gasteiger partial charge in [-0.25, -0.2) is 0 Å². The van der Waals surface area contributed by atoms with Gasteiger partial charge in [-0.3, -0.25) is 14.9 Å². The number of pyridine rings is 1. The molecule has 0 bridgehead atoms. The third-order valence-electron chi connectivity index (χ3n) is 6.10. The van der Waals surface area contributed by atoms with Crippen LogP contribution in [0.15, 0.2) is 60.9 Å². The van der Waals surface area contributed by atoms with Gasteiger partial charge in [0, 0.05) is 30.1 Å². The fourth-order valence-electron chi connectivity index (χ4n) is 4.53. The van der Waals surface area contributed by atoms with Crippen LogP contribution in [0.4, 0.5) is 0 Å². The van der Waals surface area contributed by atoms with Crippen molar-refractivity contribution in [1.29, 1.82) is 0 Å². The fourth-order valence-corrected chi connectivity index (χ4v) is 4.53. The minimum Gasteiger partial charge on any atom is -0.507 e. The number of aromatic amines is 1. The Morgan fingerprint density at radius 2 is 1.77 bits per heavy atom. The van der Waals surface area contributed by atoms with Gasteiger partial charge in [0.15, 0.2) is 11.5 Å². The second kappa shape index (κ2) is 9.02. The van der Waals surface area contributed by atoms with Crippen LogP contribution in [0, 0.1) is 0 Å². The number of benzene rings is 2. The molecule has 2 aromatic heterocycles. The smallest absolute Gasteiger partial charge is 0.273 e. The average Bonchev–Trinajstić information content (AvgIpc) is 3.43. The van der Waals surface area contributed by atoms with E-state index in [1.54, 1.807) is 49.7 Å². The third-order valence-corrected chi connectivity index (χ3v) is 6.10. The number of phenols is 1. The highest BCUT2D eigenvalue weighted by Gasteiger charge is 2.43. The first-order valence-corrected chi connectivity index (χ1v) is 10.9. The van der Waals surface area contributed by atoms with Crippen molar-refractivity contribution >= 4 is 5.91 Å². The summed E-state index contributed by atoms with van der Waals surface area (Å²) in [5.74, 6) is 1.25. The van der Waals surface area contributed by atoms with E-state index in [-0.39, 0.29) is 11.7 Å². The second-order valence-corrected chi connectivity index (χ2v) is 8.03. The molecule has 5 rings (SSSR count). The standard InChI is InChI=1S/C26H24N4O5/c1-33-19-11-16(12-20(34-2)25(19)35-3)24-21-22(17-8-4-5-9-18(17)31)28-29-23(21)26(32)30(24)14-15-7-6-10-27-13-15/h4-13,24,31H,14H2,1-3H3,(H,28,29)/t24-/m1/s1. The lowest BCUT2D eigenvalue weighted by Crippen LogP contribution is -2.29. The van der Waals surface area contributed by atoms with Gasteiger partial charge in [-0.1, -0.05) is 18.2 Å². The molecule has 1 aliphatic heterocycles. The average molecular weight is 473 g/mol. The fraction of sp³-hybridized carbons (Fsp3) is 0.192. The zero-order chi connectivity index (χ0) is 24.5. The molecule has 0 fully saturated rings. The van der Waals surface area contributed by atoms with Gasteiger partial charge >= 0.3 is 0 Å². The Morgan fingerprint density at radius 1 is 1.03 bits per heavy atom. The molecular weight excluding hydrogens is 448 g/mol. The number of carbonyl (C=O) groups excluding carboxylic acids is 1. The maximum Gasteiger partial charge on any atom is 0.273 e. The molecule has 2 N–H and O–H groups in total. The highest BCUT2D eigenvalue weighted by molar-refractivity contribution is 6.00. The minimum absolute atomic E-state index is 0.0728. The lowest BCUT2D eigenvalue weighted by molar-refractivity contribution is 0.0729. The topological polar surface area (TPSA) is 110 Å². The summed E-state index contributed by atoms with van der Waals surface area (Å²) in [4.78, 5) is 19.6. The molecule has 3 heterocycles. The summed E-state index contributed by atoms with van der Waals surface area (Å²) in [6, 6.07) is 13.8. The van der Waals surface area contributed by atoms with Crippen LogP contribution in [-0.4, -0.2) is 52.4 Å². The number of ether oxygens (including phenoxy) is 3. The number of hydrogen-bond donors (Lipinski definition) is 2. The molecule has 35 heavy (non-hydrogen) atoms. The Kier molecular flexibility index (Phi) is 5.74. The summed E-state index contributed by atoms with van der Waals surface area (Å²) in [6.45, 7) is 0.316. The van der Waals surface area contributed by atoms with Crippen molar-refractivity contribution < 1.29 is 24.1 Å². The lowest BCUT2D eigenvalue weighted by atomic mass is 9.95. The first kappa shape index (κ1) is 22.3. The molecule has 0 spiro atoms. The van der Waals surface area contributed by atoms with E-state index in [9.17, 15) is 9.90 Å². The van der Waals surface area contributed by atoms with Crippen LogP contribution in [-0.2, 0) is 6.54 Å². The van der Waals surface area contributed by atoms with Crippen molar-refractivity contribution in [3.8, 4) is 34.3 Å². The van der Waals surface area contributed by atoms with Crippen LogP contribution in [0.25, 0.3) is 11.3 Å². The van der Waals surface area contributed by atoms with Crippen molar-refractivity contribution in [3.63, 3.8) is 0 Å². The number of para-hydroxylation sites is 1. The summed E-state index contributed by atoms with van der Waals surface area (Å²) < 4.78 is 16.7. The van der Waals surface area contributed by atoms with Gasteiger partial charge in [-0.05, 0) is 41.5 Å². The van der Waals surface area contributed by atoms with Gasteiger partial charge in [0.25, 0.3) is 5.91 Å². The van der Waals surface area contributed by atoms with E-state index in [1.807, 2.05) is 30.3 Å². The minimum atomic E-state index is -0.542. The van der Waals surface area contributed by atoms with E-state index in [1.165, 1.54) is 7.11 Å². The summed E-state index contributed by atoms with van der Waals surface area (Å²) >= 11 is 0. The van der Waals surface area contributed by atoms with Gasteiger partial charge in [0.1, 0.15) is 17.1 Å². The van der Waals surface area contributed by atoms with E-state index < -0.39 is 6.04 Å². The number of nitrogens with zero attached hydrogens (tertiary/aromatic N) is 3. The number of aromatic hydroxyl groups is 1. The molecule has 9 heteroatoms. The van der Waals surface area contributed by atoms with Crippen LogP contribution in [0.3, 0.4) is 0 Å². The number of rotatable bonds is 7. The Hall–Kier alpha value is -4.53. The van der Waals surface area contributed by atoms with Gasteiger partial charge < -0.3 is 24.2 Å². The number of aromatic nitrogens is 3.